The summed E-state index contributed by atoms with van der Waals surface area (Å²) in [5.41, 5.74) is 2.69. The largest absolute Gasteiger partial charge is 0.335 e. The van der Waals surface area contributed by atoms with Gasteiger partial charge >= 0.3 is 0 Å². The van der Waals surface area contributed by atoms with Crippen LogP contribution in [0.2, 0.25) is 0 Å². The lowest BCUT2D eigenvalue weighted by Gasteiger charge is -2.33. The van der Waals surface area contributed by atoms with Crippen LogP contribution >= 0.6 is 11.3 Å². The molecule has 1 saturated heterocycles. The number of benzene rings is 1. The molecular formula is C22H22N4OS. The van der Waals surface area contributed by atoms with Gasteiger partial charge in [-0.15, -0.1) is 11.3 Å². The Labute approximate surface area is 169 Å². The van der Waals surface area contributed by atoms with Gasteiger partial charge in [0, 0.05) is 56.1 Å². The predicted octanol–water partition coefficient (Wildman–Crippen LogP) is 3.68. The normalized spacial score (nSPS) is 15.2. The summed E-state index contributed by atoms with van der Waals surface area (Å²) >= 11 is 1.49. The Morgan fingerprint density at radius 2 is 1.89 bits per heavy atom. The monoisotopic (exact) mass is 390 g/mol. The second-order valence-corrected chi connectivity index (χ2v) is 7.54. The Hall–Kier alpha value is -2.83. The number of rotatable bonds is 5. The fourth-order valence-corrected chi connectivity index (χ4v) is 3.98. The highest BCUT2D eigenvalue weighted by molar-refractivity contribution is 7.13. The molecule has 2 aromatic heterocycles. The maximum atomic E-state index is 12.8. The van der Waals surface area contributed by atoms with Gasteiger partial charge in [0.15, 0.2) is 0 Å². The number of hydrogen-bond acceptors (Lipinski definition) is 5. The molecule has 5 nitrogen and oxygen atoms in total. The molecule has 0 unspecified atom stereocenters. The third kappa shape index (κ3) is 4.52. The van der Waals surface area contributed by atoms with E-state index >= 15 is 0 Å². The van der Waals surface area contributed by atoms with E-state index in [9.17, 15) is 4.79 Å². The molecule has 3 aromatic rings. The molecular weight excluding hydrogens is 368 g/mol. The minimum Gasteiger partial charge on any atom is -0.335 e. The molecule has 1 aromatic carbocycles. The Bertz CT molecular complexity index is 931. The van der Waals surface area contributed by atoms with E-state index in [-0.39, 0.29) is 5.91 Å². The molecule has 142 valence electrons. The van der Waals surface area contributed by atoms with Gasteiger partial charge in [-0.05, 0) is 17.7 Å². The zero-order valence-electron chi connectivity index (χ0n) is 15.6. The van der Waals surface area contributed by atoms with Crippen LogP contribution in [-0.4, -0.2) is 58.4 Å². The molecule has 6 heteroatoms. The van der Waals surface area contributed by atoms with E-state index in [0.29, 0.717) is 5.69 Å². The van der Waals surface area contributed by atoms with Crippen LogP contribution in [0, 0.1) is 0 Å². The van der Waals surface area contributed by atoms with Crippen molar-refractivity contribution in [3.8, 4) is 10.6 Å². The van der Waals surface area contributed by atoms with E-state index in [1.54, 1.807) is 12.4 Å². The molecule has 1 aliphatic rings. The van der Waals surface area contributed by atoms with E-state index in [1.807, 2.05) is 40.6 Å². The van der Waals surface area contributed by atoms with Crippen molar-refractivity contribution in [2.24, 2.45) is 0 Å². The van der Waals surface area contributed by atoms with Gasteiger partial charge in [-0.1, -0.05) is 42.5 Å². The van der Waals surface area contributed by atoms with Crippen molar-refractivity contribution in [3.63, 3.8) is 0 Å². The topological polar surface area (TPSA) is 49.3 Å². The zero-order chi connectivity index (χ0) is 19.2. The minimum atomic E-state index is 0.0193. The van der Waals surface area contributed by atoms with Gasteiger partial charge in [-0.25, -0.2) is 4.98 Å². The summed E-state index contributed by atoms with van der Waals surface area (Å²) in [6.07, 6.45) is 7.84. The summed E-state index contributed by atoms with van der Waals surface area (Å²) in [5.74, 6) is 0.0193. The fraction of sp³-hybridized carbons (Fsp3) is 0.227. The Morgan fingerprint density at radius 1 is 1.07 bits per heavy atom. The van der Waals surface area contributed by atoms with Crippen molar-refractivity contribution in [3.05, 3.63) is 77.6 Å². The summed E-state index contributed by atoms with van der Waals surface area (Å²) < 4.78 is 0. The van der Waals surface area contributed by atoms with E-state index in [2.05, 4.69) is 39.2 Å². The zero-order valence-corrected chi connectivity index (χ0v) is 16.4. The standard InChI is InChI=1S/C22H22N4OS/c27-22(20-17-28-21(24-20)19-9-4-10-23-16-19)26-14-12-25(13-15-26)11-5-8-18-6-2-1-3-7-18/h1-10,16-17H,11-15H2/b8-5+. The van der Waals surface area contributed by atoms with Gasteiger partial charge in [-0.2, -0.15) is 0 Å². The van der Waals surface area contributed by atoms with Crippen molar-refractivity contribution < 1.29 is 4.79 Å². The molecule has 0 saturated carbocycles. The summed E-state index contributed by atoms with van der Waals surface area (Å²) in [7, 11) is 0. The number of nitrogens with zero attached hydrogens (tertiary/aromatic N) is 4. The number of thiazole rings is 1. The second-order valence-electron chi connectivity index (χ2n) is 6.69. The van der Waals surface area contributed by atoms with Crippen LogP contribution in [0.4, 0.5) is 0 Å². The Balaban J connectivity index is 1.29. The minimum absolute atomic E-state index is 0.0193. The Kier molecular flexibility index (Phi) is 5.89. The lowest BCUT2D eigenvalue weighted by Crippen LogP contribution is -2.48. The van der Waals surface area contributed by atoms with Crippen molar-refractivity contribution in [2.75, 3.05) is 32.7 Å². The van der Waals surface area contributed by atoms with Crippen molar-refractivity contribution in [1.82, 2.24) is 19.8 Å². The summed E-state index contributed by atoms with van der Waals surface area (Å²) in [6.45, 7) is 4.13. The first-order valence-electron chi connectivity index (χ1n) is 9.39. The second kappa shape index (κ2) is 8.91. The lowest BCUT2D eigenvalue weighted by molar-refractivity contribution is 0.0645. The van der Waals surface area contributed by atoms with Crippen LogP contribution < -0.4 is 0 Å². The first kappa shape index (κ1) is 18.5. The molecule has 0 spiro atoms. The van der Waals surface area contributed by atoms with Gasteiger partial charge < -0.3 is 4.90 Å². The van der Waals surface area contributed by atoms with Gasteiger partial charge in [0.2, 0.25) is 0 Å². The number of hydrogen-bond donors (Lipinski definition) is 0. The van der Waals surface area contributed by atoms with Crippen LogP contribution in [0.1, 0.15) is 16.1 Å². The average Bonchev–Trinajstić information content (AvgIpc) is 3.25. The van der Waals surface area contributed by atoms with Crippen molar-refractivity contribution in [2.45, 2.75) is 0 Å². The van der Waals surface area contributed by atoms with Crippen molar-refractivity contribution in [1.29, 1.82) is 0 Å². The van der Waals surface area contributed by atoms with Crippen molar-refractivity contribution >= 4 is 23.3 Å². The van der Waals surface area contributed by atoms with Crippen LogP contribution in [0.15, 0.2) is 66.3 Å². The third-order valence-corrected chi connectivity index (χ3v) is 5.66. The fourth-order valence-electron chi connectivity index (χ4n) is 3.19. The first-order chi connectivity index (χ1) is 13.8. The Morgan fingerprint density at radius 3 is 2.64 bits per heavy atom. The number of aromatic nitrogens is 2. The quantitative estimate of drug-likeness (QED) is 0.667. The van der Waals surface area contributed by atoms with E-state index in [0.717, 1.165) is 43.3 Å². The van der Waals surface area contributed by atoms with Gasteiger partial charge in [0.25, 0.3) is 5.91 Å². The predicted molar refractivity (Wildman–Crippen MR) is 113 cm³/mol. The van der Waals surface area contributed by atoms with Crippen LogP contribution in [0.25, 0.3) is 16.6 Å². The third-order valence-electron chi connectivity index (χ3n) is 4.76. The van der Waals surface area contributed by atoms with Gasteiger partial charge in [0.05, 0.1) is 0 Å². The first-order valence-corrected chi connectivity index (χ1v) is 10.3. The molecule has 0 N–H and O–H groups in total. The highest BCUT2D eigenvalue weighted by Gasteiger charge is 2.23. The number of amides is 1. The molecule has 3 heterocycles. The molecule has 4 rings (SSSR count). The lowest BCUT2D eigenvalue weighted by atomic mass is 10.2. The molecule has 0 radical (unpaired) electrons. The maximum Gasteiger partial charge on any atom is 0.273 e. The van der Waals surface area contributed by atoms with E-state index < -0.39 is 0 Å². The molecule has 28 heavy (non-hydrogen) atoms. The van der Waals surface area contributed by atoms with Crippen LogP contribution in [0.3, 0.4) is 0 Å². The number of carbonyl (C=O) groups is 1. The summed E-state index contributed by atoms with van der Waals surface area (Å²) in [6, 6.07) is 14.1. The highest BCUT2D eigenvalue weighted by atomic mass is 32.1. The molecule has 1 aliphatic heterocycles. The molecule has 1 fully saturated rings. The van der Waals surface area contributed by atoms with Gasteiger partial charge in [0.1, 0.15) is 10.7 Å². The van der Waals surface area contributed by atoms with Crippen LogP contribution in [0.5, 0.6) is 0 Å². The highest BCUT2D eigenvalue weighted by Crippen LogP contribution is 2.23. The molecule has 0 bridgehead atoms. The SMILES string of the molecule is O=C(c1csc(-c2cccnc2)n1)N1CCN(C/C=C/c2ccccc2)CC1. The number of carbonyl (C=O) groups excluding carboxylic acids is 1. The number of piperazine rings is 1. The smallest absolute Gasteiger partial charge is 0.273 e. The number of pyridine rings is 1. The van der Waals surface area contributed by atoms with E-state index in [1.165, 1.54) is 16.9 Å². The van der Waals surface area contributed by atoms with Crippen LogP contribution in [-0.2, 0) is 0 Å². The van der Waals surface area contributed by atoms with Gasteiger partial charge in [-0.3, -0.25) is 14.7 Å². The summed E-state index contributed by atoms with van der Waals surface area (Å²) in [4.78, 5) is 25.7. The molecule has 0 atom stereocenters. The molecule has 1 amide bonds. The summed E-state index contributed by atoms with van der Waals surface area (Å²) in [5, 5.41) is 2.68. The average molecular weight is 391 g/mol. The molecule has 0 aliphatic carbocycles. The van der Waals surface area contributed by atoms with E-state index in [4.69, 9.17) is 0 Å². The maximum absolute atomic E-state index is 12.8.